The lowest BCUT2D eigenvalue weighted by atomic mass is 10.2. The molecule has 4 heteroatoms. The highest BCUT2D eigenvalue weighted by Gasteiger charge is 2.12. The Kier molecular flexibility index (Phi) is 4.97. The first-order valence-corrected chi connectivity index (χ1v) is 3.81. The van der Waals surface area contributed by atoms with Crippen molar-refractivity contribution in [2.75, 3.05) is 6.61 Å². The Balaban J connectivity index is 3.79. The Labute approximate surface area is 71.6 Å². The molecule has 0 saturated carbocycles. The van der Waals surface area contributed by atoms with Crippen LogP contribution in [-0.2, 0) is 14.3 Å². The van der Waals surface area contributed by atoms with Crippen LogP contribution in [0, 0.1) is 5.92 Å². The van der Waals surface area contributed by atoms with E-state index in [1.165, 1.54) is 13.0 Å². The van der Waals surface area contributed by atoms with E-state index in [0.717, 1.165) is 0 Å². The molecule has 1 unspecified atom stereocenters. The van der Waals surface area contributed by atoms with Gasteiger partial charge in [0.2, 0.25) is 6.08 Å². The normalized spacial score (nSPS) is 12.0. The van der Waals surface area contributed by atoms with Gasteiger partial charge in [-0.3, -0.25) is 0 Å². The minimum atomic E-state index is -0.735. The van der Waals surface area contributed by atoms with Gasteiger partial charge in [-0.05, 0) is 12.8 Å². The molecule has 0 aliphatic carbocycles. The van der Waals surface area contributed by atoms with Gasteiger partial charge in [-0.1, -0.05) is 13.8 Å². The van der Waals surface area contributed by atoms with Crippen LogP contribution in [0.4, 0.5) is 0 Å². The summed E-state index contributed by atoms with van der Waals surface area (Å²) in [4.78, 5) is 23.9. The van der Waals surface area contributed by atoms with E-state index in [1.807, 2.05) is 13.8 Å². The summed E-state index contributed by atoms with van der Waals surface area (Å²) in [6.45, 7) is 5.72. The van der Waals surface area contributed by atoms with Crippen molar-refractivity contribution in [1.82, 2.24) is 0 Å². The molecular formula is C8H13NO3. The molecule has 0 amide bonds. The van der Waals surface area contributed by atoms with Gasteiger partial charge in [0.15, 0.2) is 6.04 Å². The fourth-order valence-corrected chi connectivity index (χ4v) is 0.501. The van der Waals surface area contributed by atoms with Crippen LogP contribution in [0.5, 0.6) is 0 Å². The molecule has 0 heterocycles. The molecule has 0 radical (unpaired) electrons. The van der Waals surface area contributed by atoms with Gasteiger partial charge in [0.25, 0.3) is 0 Å². The largest absolute Gasteiger partial charge is 0.464 e. The number of nitrogens with zero attached hydrogens (tertiary/aromatic N) is 1. The molecule has 1 atom stereocenters. The van der Waals surface area contributed by atoms with Crippen LogP contribution in [0.2, 0.25) is 0 Å². The number of carbonyl (C=O) groups excluding carboxylic acids is 2. The van der Waals surface area contributed by atoms with Crippen molar-refractivity contribution in [3.63, 3.8) is 0 Å². The fraction of sp³-hybridized carbons (Fsp3) is 0.750. The Morgan fingerprint density at radius 3 is 2.50 bits per heavy atom. The Bertz CT molecular complexity index is 194. The molecule has 0 aromatic heterocycles. The molecule has 0 aliphatic heterocycles. The maximum Gasteiger partial charge on any atom is 0.331 e. The highest BCUT2D eigenvalue weighted by Crippen LogP contribution is 1.97. The zero-order valence-electron chi connectivity index (χ0n) is 7.53. The standard InChI is InChI=1S/C8H13NO3/c1-6(2)4-12-8(11)7(3)9-5-10/h6-7H,4H2,1-3H3. The molecule has 0 saturated heterocycles. The summed E-state index contributed by atoms with van der Waals surface area (Å²) < 4.78 is 4.81. The van der Waals surface area contributed by atoms with Crippen LogP contribution in [0.1, 0.15) is 20.8 Å². The third kappa shape index (κ3) is 4.63. The summed E-state index contributed by atoms with van der Waals surface area (Å²) >= 11 is 0. The number of ether oxygens (including phenoxy) is 1. The van der Waals surface area contributed by atoms with E-state index in [4.69, 9.17) is 4.74 Å². The second kappa shape index (κ2) is 5.49. The number of rotatable bonds is 4. The fourth-order valence-electron chi connectivity index (χ4n) is 0.501. The van der Waals surface area contributed by atoms with Gasteiger partial charge in [-0.25, -0.2) is 9.59 Å². The minimum Gasteiger partial charge on any atom is -0.464 e. The Morgan fingerprint density at radius 1 is 1.50 bits per heavy atom. The van der Waals surface area contributed by atoms with Gasteiger partial charge < -0.3 is 4.74 Å². The van der Waals surface area contributed by atoms with E-state index in [2.05, 4.69) is 4.99 Å². The van der Waals surface area contributed by atoms with Crippen LogP contribution >= 0.6 is 0 Å². The zero-order chi connectivity index (χ0) is 9.56. The quantitative estimate of drug-likeness (QED) is 0.359. The molecule has 0 spiro atoms. The third-order valence-corrected chi connectivity index (χ3v) is 1.15. The summed E-state index contributed by atoms with van der Waals surface area (Å²) in [5.74, 6) is -0.187. The molecule has 0 fully saturated rings. The van der Waals surface area contributed by atoms with Crippen molar-refractivity contribution in [1.29, 1.82) is 0 Å². The van der Waals surface area contributed by atoms with E-state index >= 15 is 0 Å². The number of hydrogen-bond acceptors (Lipinski definition) is 4. The van der Waals surface area contributed by atoms with Gasteiger partial charge in [-0.15, -0.1) is 0 Å². The average Bonchev–Trinajstić information content (AvgIpc) is 2.00. The van der Waals surface area contributed by atoms with Gasteiger partial charge in [0.1, 0.15) is 0 Å². The average molecular weight is 171 g/mol. The molecule has 0 aliphatic rings. The van der Waals surface area contributed by atoms with E-state index in [9.17, 15) is 9.59 Å². The molecule has 0 rings (SSSR count). The third-order valence-electron chi connectivity index (χ3n) is 1.15. The predicted molar refractivity (Wildman–Crippen MR) is 43.4 cm³/mol. The Morgan fingerprint density at radius 2 is 2.08 bits per heavy atom. The molecule has 0 N–H and O–H groups in total. The summed E-state index contributed by atoms with van der Waals surface area (Å²) in [5.41, 5.74) is 0. The first kappa shape index (κ1) is 10.8. The maximum atomic E-state index is 10.9. The summed E-state index contributed by atoms with van der Waals surface area (Å²) in [6, 6.07) is -0.735. The van der Waals surface area contributed by atoms with Crippen molar-refractivity contribution in [3.8, 4) is 0 Å². The first-order chi connectivity index (χ1) is 5.57. The minimum absolute atomic E-state index is 0.293. The molecule has 0 aromatic carbocycles. The molecule has 0 bridgehead atoms. The van der Waals surface area contributed by atoms with E-state index < -0.39 is 12.0 Å². The highest BCUT2D eigenvalue weighted by atomic mass is 16.5. The second-order valence-corrected chi connectivity index (χ2v) is 2.92. The molecule has 4 nitrogen and oxygen atoms in total. The van der Waals surface area contributed by atoms with Gasteiger partial charge in [-0.2, -0.15) is 4.99 Å². The molecule has 12 heavy (non-hydrogen) atoms. The Hall–Kier alpha value is -1.15. The van der Waals surface area contributed by atoms with Crippen LogP contribution in [0.25, 0.3) is 0 Å². The van der Waals surface area contributed by atoms with Crippen LogP contribution in [0.3, 0.4) is 0 Å². The highest BCUT2D eigenvalue weighted by molar-refractivity contribution is 5.76. The van der Waals surface area contributed by atoms with Gasteiger partial charge >= 0.3 is 5.97 Å². The maximum absolute atomic E-state index is 10.9. The molecule has 0 aromatic rings. The lowest BCUT2D eigenvalue weighted by Gasteiger charge is -2.07. The van der Waals surface area contributed by atoms with Crippen molar-refractivity contribution in [2.24, 2.45) is 10.9 Å². The van der Waals surface area contributed by atoms with Crippen LogP contribution < -0.4 is 0 Å². The summed E-state index contributed by atoms with van der Waals surface area (Å²) in [6.07, 6.45) is 1.31. The van der Waals surface area contributed by atoms with Crippen molar-refractivity contribution >= 4 is 12.0 Å². The first-order valence-electron chi connectivity index (χ1n) is 3.81. The smallest absolute Gasteiger partial charge is 0.331 e. The number of esters is 1. The van der Waals surface area contributed by atoms with Crippen LogP contribution in [0.15, 0.2) is 4.99 Å². The monoisotopic (exact) mass is 171 g/mol. The second-order valence-electron chi connectivity index (χ2n) is 2.92. The van der Waals surface area contributed by atoms with Crippen LogP contribution in [-0.4, -0.2) is 24.7 Å². The van der Waals surface area contributed by atoms with Crippen molar-refractivity contribution in [2.45, 2.75) is 26.8 Å². The summed E-state index contributed by atoms with van der Waals surface area (Å²) in [5, 5.41) is 0. The predicted octanol–water partition coefficient (Wildman–Crippen LogP) is 0.910. The van der Waals surface area contributed by atoms with E-state index in [1.54, 1.807) is 0 Å². The van der Waals surface area contributed by atoms with Gasteiger partial charge in [0, 0.05) is 0 Å². The number of aliphatic imine (C=N–C) groups is 1. The molecule has 68 valence electrons. The number of carbonyl (C=O) groups is 1. The summed E-state index contributed by atoms with van der Waals surface area (Å²) in [7, 11) is 0. The lowest BCUT2D eigenvalue weighted by molar-refractivity contribution is -0.145. The zero-order valence-corrected chi connectivity index (χ0v) is 7.53. The van der Waals surface area contributed by atoms with E-state index in [-0.39, 0.29) is 0 Å². The van der Waals surface area contributed by atoms with E-state index in [0.29, 0.717) is 12.5 Å². The van der Waals surface area contributed by atoms with Gasteiger partial charge in [0.05, 0.1) is 6.61 Å². The number of isocyanates is 1. The van der Waals surface area contributed by atoms with Crippen molar-refractivity contribution < 1.29 is 14.3 Å². The topological polar surface area (TPSA) is 55.7 Å². The van der Waals surface area contributed by atoms with Crippen molar-refractivity contribution in [3.05, 3.63) is 0 Å². The molecular weight excluding hydrogens is 158 g/mol. The number of hydrogen-bond donors (Lipinski definition) is 0. The lowest BCUT2D eigenvalue weighted by Crippen LogP contribution is -2.20. The SMILES string of the molecule is CC(C)COC(=O)C(C)N=C=O.